The highest BCUT2D eigenvalue weighted by Gasteiger charge is 2.48. The average Bonchev–Trinajstić information content (AvgIpc) is 1.54. The fourth-order valence-corrected chi connectivity index (χ4v) is 13.1. The number of aryl methyl sites for hydroxylation is 2. The molecule has 4 aromatic carbocycles. The maximum atomic E-state index is 15.1. The van der Waals surface area contributed by atoms with E-state index in [2.05, 4.69) is 5.32 Å². The maximum Gasteiger partial charge on any atom is 0.343 e. The van der Waals surface area contributed by atoms with Crippen molar-refractivity contribution in [3.05, 3.63) is 195 Å². The molecule has 8 aromatic rings. The third kappa shape index (κ3) is 9.57. The molecule has 2 aliphatic carbocycles. The molecular weight excluding hydrogens is 1130 g/mol. The normalized spacial score (nSPS) is 20.3. The number of ether oxygens (including phenoxy) is 2. The highest BCUT2D eigenvalue weighted by Crippen LogP contribution is 2.48. The van der Waals surface area contributed by atoms with Crippen molar-refractivity contribution in [2.75, 3.05) is 7.15 Å². The van der Waals surface area contributed by atoms with Crippen LogP contribution in [0.25, 0.3) is 44.6 Å². The fraction of sp³-hybridized carbons (Fsp3) is 0.323. The minimum Gasteiger partial charge on any atom is -0.479 e. The van der Waals surface area contributed by atoms with Crippen molar-refractivity contribution in [3.8, 4) is 22.8 Å². The number of pyridine rings is 4. The van der Waals surface area contributed by atoms with Gasteiger partial charge in [0.15, 0.2) is 23.4 Å². The van der Waals surface area contributed by atoms with Crippen LogP contribution in [0.2, 0.25) is 0 Å². The summed E-state index contributed by atoms with van der Waals surface area (Å²) in [5, 5.41) is 55.0. The van der Waals surface area contributed by atoms with Crippen molar-refractivity contribution in [1.29, 1.82) is 0 Å². The lowest BCUT2D eigenvalue weighted by Gasteiger charge is -2.31. The lowest BCUT2D eigenvalue weighted by Crippen LogP contribution is -2.44. The number of hydrogen-bond acceptors (Lipinski definition) is 15. The Morgan fingerprint density at radius 2 is 1.11 bits per heavy atom. The minimum absolute atomic E-state index is 0.0106. The van der Waals surface area contributed by atoms with Crippen LogP contribution in [0.5, 0.6) is 0 Å². The van der Waals surface area contributed by atoms with Gasteiger partial charge in [0.05, 0.1) is 72.6 Å². The van der Waals surface area contributed by atoms with Gasteiger partial charge in [0, 0.05) is 51.2 Å². The molecule has 4 aromatic heterocycles. The number of aliphatic hydroxyl groups excluding tert-OH is 2. The Balaban J connectivity index is 0.000000153. The molecule has 4 aliphatic heterocycles. The molecule has 6 aliphatic rings. The number of aliphatic carboxylic acids is 1. The van der Waals surface area contributed by atoms with Gasteiger partial charge in [-0.25, -0.2) is 33.1 Å². The van der Waals surface area contributed by atoms with Crippen LogP contribution in [0.15, 0.2) is 94.5 Å². The molecule has 6 atom stereocenters. The number of nitrogens with zero attached hydrogens (tertiary/aromatic N) is 4. The number of hydrogen-bond donors (Lipinski definition) is 7. The summed E-state index contributed by atoms with van der Waals surface area (Å²) in [6, 6.07) is 22.2. The Bertz CT molecular complexity index is 4370. The van der Waals surface area contributed by atoms with Gasteiger partial charge in [-0.1, -0.05) is 74.5 Å². The number of carboxylic acid groups (broad SMARTS) is 1. The number of esters is 2. The third-order valence-electron chi connectivity index (χ3n) is 17.8. The molecule has 8 N–H and O–H groups in total. The zero-order valence-electron chi connectivity index (χ0n) is 48.7. The van der Waals surface area contributed by atoms with Gasteiger partial charge in [-0.15, -0.1) is 0 Å². The summed E-state index contributed by atoms with van der Waals surface area (Å²) in [6.45, 7) is 6.78. The molecular formula is C65H61F3N6O13. The molecule has 2 unspecified atom stereocenters. The molecule has 87 heavy (non-hydrogen) atoms. The van der Waals surface area contributed by atoms with Crippen LogP contribution >= 0.6 is 0 Å². The van der Waals surface area contributed by atoms with E-state index >= 15 is 4.39 Å². The second kappa shape index (κ2) is 22.7. The molecule has 1 amide bonds. The Morgan fingerprint density at radius 3 is 1.56 bits per heavy atom. The molecule has 8 heterocycles. The zero-order valence-corrected chi connectivity index (χ0v) is 47.7. The number of amides is 1. The highest BCUT2D eigenvalue weighted by molar-refractivity contribution is 5.95. The summed E-state index contributed by atoms with van der Waals surface area (Å²) < 4.78 is 58.7. The van der Waals surface area contributed by atoms with Crippen molar-refractivity contribution < 1.29 is 68.7 Å². The maximum absolute atomic E-state index is 15.1. The van der Waals surface area contributed by atoms with Crippen LogP contribution in [0.1, 0.15) is 143 Å². The quantitative estimate of drug-likeness (QED) is 0.0775. The van der Waals surface area contributed by atoms with Crippen LogP contribution < -0.4 is 22.2 Å². The second-order valence-corrected chi connectivity index (χ2v) is 22.3. The zero-order chi connectivity index (χ0) is 63.0. The molecule has 0 spiro atoms. The first-order valence-electron chi connectivity index (χ1n) is 29.0. The van der Waals surface area contributed by atoms with Gasteiger partial charge in [-0.2, -0.15) is 0 Å². The van der Waals surface area contributed by atoms with E-state index in [9.17, 15) is 52.9 Å². The molecule has 14 rings (SSSR count). The van der Waals surface area contributed by atoms with Gasteiger partial charge in [0.25, 0.3) is 17.0 Å². The number of carbonyl (C=O) groups excluding carboxylic acids is 3. The van der Waals surface area contributed by atoms with Crippen molar-refractivity contribution in [2.24, 2.45) is 5.73 Å². The van der Waals surface area contributed by atoms with Crippen molar-refractivity contribution >= 4 is 45.6 Å². The van der Waals surface area contributed by atoms with Gasteiger partial charge < -0.3 is 55.2 Å². The van der Waals surface area contributed by atoms with E-state index in [4.69, 9.17) is 36.8 Å². The van der Waals surface area contributed by atoms with Gasteiger partial charge in [0.1, 0.15) is 24.8 Å². The lowest BCUT2D eigenvalue weighted by atomic mass is 9.81. The van der Waals surface area contributed by atoms with E-state index in [0.29, 0.717) is 87.3 Å². The first-order valence-corrected chi connectivity index (χ1v) is 28.3. The summed E-state index contributed by atoms with van der Waals surface area (Å²) >= 11 is 0. The molecule has 22 heteroatoms. The van der Waals surface area contributed by atoms with Crippen LogP contribution in [0.3, 0.4) is 0 Å². The smallest absolute Gasteiger partial charge is 0.343 e. The SMILES string of the molecule is CC[C@@]1(O)C(=O)OCc2c1cc1n(c2=O)Cc2c-1nc1cc(F)c(C)c3c1c2[C@@H](N)CC3.CC[C@@]1(O)C(=O)OCc2c1cc1n(c2=O)Cc2c-1nc1cc(F)c(C)c3c1c2[C@@H](NC(=O)C(O)c1ccccc1)CC3.O=C(O)C(O)c1ccccc1.[2H]CF. The molecule has 0 saturated heterocycles. The number of benzene rings is 4. The number of carboxylic acids is 1. The van der Waals surface area contributed by atoms with Gasteiger partial charge in [-0.3, -0.25) is 18.8 Å². The summed E-state index contributed by atoms with van der Waals surface area (Å²) in [6.07, 6.45) is -0.401. The first-order chi connectivity index (χ1) is 42.0. The molecule has 0 saturated carbocycles. The van der Waals surface area contributed by atoms with Gasteiger partial charge in [-0.05, 0) is 109 Å². The molecule has 0 fully saturated rings. The number of carbonyl (C=O) groups is 4. The van der Waals surface area contributed by atoms with Crippen molar-refractivity contribution in [1.82, 2.24) is 24.4 Å². The third-order valence-corrected chi connectivity index (χ3v) is 17.8. The molecule has 0 bridgehead atoms. The summed E-state index contributed by atoms with van der Waals surface area (Å²) in [4.78, 5) is 85.2. The Kier molecular flexibility index (Phi) is 15.3. The number of halogens is 3. The number of aromatic nitrogens is 4. The number of alkyl halides is 1. The van der Waals surface area contributed by atoms with E-state index in [-0.39, 0.29) is 78.8 Å². The van der Waals surface area contributed by atoms with Gasteiger partial charge in [0.2, 0.25) is 0 Å². The predicted molar refractivity (Wildman–Crippen MR) is 310 cm³/mol. The number of cyclic esters (lactones) is 2. The van der Waals surface area contributed by atoms with E-state index in [0.717, 1.165) is 38.6 Å². The van der Waals surface area contributed by atoms with Crippen molar-refractivity contribution in [2.45, 2.75) is 128 Å². The average molecular weight is 1190 g/mol. The lowest BCUT2D eigenvalue weighted by molar-refractivity contribution is -0.172. The number of rotatable bonds is 7. The topological polar surface area (TPSA) is 296 Å². The summed E-state index contributed by atoms with van der Waals surface area (Å²) in [5.74, 6) is -4.09. The standard InChI is InChI=1S/C32H28FN3O6.C24H22FN3O4.C8H8O3.CH3F/c1-3-32(41)20-11-24-27-18(13-36(24)30(39)19(20)14-42-31(32)40)26-22(35-29(38)28(37)16-7-5-4-6-8-16)10-9-17-15(2)21(33)12-23(34-27)25(17)26;1-3-24(31)14-6-18-21-12(8-28(18)22(29)13(14)9-32-23(24)30)19-16(26)5-4-11-10(2)15(25)7-17(27-21)20(11)19;9-7(8(10)11)6-4-2-1-3-5-6;1-2/h4-8,11-12,22,28,37,41H,3,9-10,13-14H2,1-2H3,(H,35,38);6-7,16,31H,3-5,8-9,26H2,1-2H3;1-5,7,9H,(H,10,11);1H3/t22-,28?,32-;16-,24-;;/m00../s1/i;;;1D. The van der Waals surface area contributed by atoms with Gasteiger partial charge >= 0.3 is 17.9 Å². The van der Waals surface area contributed by atoms with E-state index in [1.165, 1.54) is 16.7 Å². The number of nitrogens with two attached hydrogens (primary N) is 1. The van der Waals surface area contributed by atoms with E-state index in [1.807, 2.05) is 0 Å². The predicted octanol–water partition coefficient (Wildman–Crippen LogP) is 7.23. The van der Waals surface area contributed by atoms with E-state index in [1.54, 1.807) is 105 Å². The molecule has 19 nitrogen and oxygen atoms in total. The Labute approximate surface area is 495 Å². The monoisotopic (exact) mass is 1190 g/mol. The Hall–Kier alpha value is -8.93. The summed E-state index contributed by atoms with van der Waals surface area (Å²) in [5.41, 5.74) is 12.5. The fourth-order valence-electron chi connectivity index (χ4n) is 13.1. The first kappa shape index (κ1) is 58.5. The van der Waals surface area contributed by atoms with Crippen LogP contribution in [0, 0.1) is 25.5 Å². The Morgan fingerprint density at radius 1 is 0.690 bits per heavy atom. The van der Waals surface area contributed by atoms with E-state index < -0.39 is 71.8 Å². The highest BCUT2D eigenvalue weighted by atomic mass is 19.1. The number of nitrogens with one attached hydrogen (secondary N) is 1. The second-order valence-electron chi connectivity index (χ2n) is 22.3. The van der Waals surface area contributed by atoms with Crippen LogP contribution in [-0.4, -0.2) is 75.6 Å². The minimum atomic E-state index is -1.98. The number of fused-ring (bicyclic) bond motifs is 10. The molecule has 450 valence electrons. The van der Waals surface area contributed by atoms with Crippen LogP contribution in [0.4, 0.5) is 13.2 Å². The van der Waals surface area contributed by atoms with Crippen molar-refractivity contribution in [3.63, 3.8) is 0 Å². The van der Waals surface area contributed by atoms with Crippen LogP contribution in [-0.2, 0) is 79.0 Å². The largest absolute Gasteiger partial charge is 0.479 e. The summed E-state index contributed by atoms with van der Waals surface area (Å²) in [7, 11) is -1.00. The molecule has 0 radical (unpaired) electrons. The number of aliphatic hydroxyl groups is 4.